The maximum Gasteiger partial charge on any atom is 0.318 e. The lowest BCUT2D eigenvalue weighted by Gasteiger charge is -2.42. The smallest absolute Gasteiger partial charge is 0.318 e. The first kappa shape index (κ1) is 11.6. The van der Waals surface area contributed by atoms with E-state index in [2.05, 4.69) is 4.90 Å². The van der Waals surface area contributed by atoms with Crippen molar-refractivity contribution in [3.63, 3.8) is 0 Å². The lowest BCUT2D eigenvalue weighted by molar-refractivity contribution is -0.157. The van der Waals surface area contributed by atoms with Crippen LogP contribution in [0.4, 0.5) is 0 Å². The van der Waals surface area contributed by atoms with E-state index in [-0.39, 0.29) is 17.8 Å². The fourth-order valence-electron chi connectivity index (χ4n) is 2.82. The van der Waals surface area contributed by atoms with Crippen LogP contribution in [0.2, 0.25) is 0 Å². The van der Waals surface area contributed by atoms with Crippen molar-refractivity contribution >= 4 is 11.8 Å². The van der Waals surface area contributed by atoms with Crippen molar-refractivity contribution in [3.8, 4) is 0 Å². The Morgan fingerprint density at radius 2 is 2.25 bits per heavy atom. The molecule has 2 unspecified atom stereocenters. The fourth-order valence-corrected chi connectivity index (χ4v) is 2.82. The highest BCUT2D eigenvalue weighted by Gasteiger charge is 2.43. The number of fused-ring (bicyclic) bond motifs is 1. The first-order valence-corrected chi connectivity index (χ1v) is 6.17. The molecule has 0 aromatic heterocycles. The second-order valence-corrected chi connectivity index (χ2v) is 4.55. The Morgan fingerprint density at radius 1 is 1.44 bits per heavy atom. The highest BCUT2D eigenvalue weighted by molar-refractivity contribution is 6.00. The van der Waals surface area contributed by atoms with Crippen LogP contribution in [0, 0.1) is 5.92 Å². The van der Waals surface area contributed by atoms with Gasteiger partial charge in [-0.1, -0.05) is 6.42 Å². The molecule has 16 heavy (non-hydrogen) atoms. The topological polar surface area (TPSA) is 46.6 Å². The van der Waals surface area contributed by atoms with Gasteiger partial charge >= 0.3 is 5.97 Å². The van der Waals surface area contributed by atoms with Crippen molar-refractivity contribution in [2.45, 2.75) is 38.6 Å². The highest BCUT2D eigenvalue weighted by atomic mass is 16.5. The molecule has 2 atom stereocenters. The number of carbonyl (C=O) groups excluding carboxylic acids is 2. The summed E-state index contributed by atoms with van der Waals surface area (Å²) >= 11 is 0. The zero-order chi connectivity index (χ0) is 11.5. The minimum atomic E-state index is -0.519. The summed E-state index contributed by atoms with van der Waals surface area (Å²) in [5.74, 6) is -0.764. The highest BCUT2D eigenvalue weighted by Crippen LogP contribution is 2.29. The normalized spacial score (nSPS) is 30.9. The van der Waals surface area contributed by atoms with Gasteiger partial charge in [-0.25, -0.2) is 0 Å². The van der Waals surface area contributed by atoms with Gasteiger partial charge in [-0.2, -0.15) is 0 Å². The molecular formula is C12H19NO3. The van der Waals surface area contributed by atoms with E-state index in [1.54, 1.807) is 6.92 Å². The number of carbonyl (C=O) groups is 2. The molecule has 0 aliphatic carbocycles. The molecule has 0 amide bonds. The monoisotopic (exact) mass is 225 g/mol. The standard InChI is InChI=1S/C12H19NO3/c1-2-16-12(15)11-9-5-3-4-7-13(9)8-6-10(11)14/h9,11H,2-8H2,1H3. The number of piperidine rings is 2. The van der Waals surface area contributed by atoms with Crippen molar-refractivity contribution < 1.29 is 14.3 Å². The van der Waals surface area contributed by atoms with Gasteiger partial charge in [0.05, 0.1) is 6.61 Å². The van der Waals surface area contributed by atoms with E-state index in [1.165, 1.54) is 6.42 Å². The van der Waals surface area contributed by atoms with Crippen LogP contribution in [-0.2, 0) is 14.3 Å². The van der Waals surface area contributed by atoms with Crippen molar-refractivity contribution in [3.05, 3.63) is 0 Å². The van der Waals surface area contributed by atoms with Gasteiger partial charge < -0.3 is 4.74 Å². The van der Waals surface area contributed by atoms with Crippen molar-refractivity contribution in [2.75, 3.05) is 19.7 Å². The molecule has 0 saturated carbocycles. The zero-order valence-corrected chi connectivity index (χ0v) is 9.78. The Hall–Kier alpha value is -0.900. The summed E-state index contributed by atoms with van der Waals surface area (Å²) in [5.41, 5.74) is 0. The summed E-state index contributed by atoms with van der Waals surface area (Å²) in [6.07, 6.45) is 3.75. The Morgan fingerprint density at radius 3 is 3.00 bits per heavy atom. The molecule has 0 aromatic rings. The Kier molecular flexibility index (Phi) is 3.59. The van der Waals surface area contributed by atoms with E-state index >= 15 is 0 Å². The van der Waals surface area contributed by atoms with Crippen molar-refractivity contribution in [2.24, 2.45) is 5.92 Å². The van der Waals surface area contributed by atoms with Gasteiger partial charge in [0.25, 0.3) is 0 Å². The number of esters is 1. The molecule has 2 aliphatic rings. The number of hydrogen-bond acceptors (Lipinski definition) is 4. The second kappa shape index (κ2) is 4.95. The van der Waals surface area contributed by atoms with E-state index in [4.69, 9.17) is 4.74 Å². The van der Waals surface area contributed by atoms with Gasteiger partial charge in [-0.05, 0) is 26.3 Å². The molecule has 0 spiro atoms. The first-order valence-electron chi connectivity index (χ1n) is 6.17. The number of hydrogen-bond donors (Lipinski definition) is 0. The average Bonchev–Trinajstić information content (AvgIpc) is 2.29. The van der Waals surface area contributed by atoms with Crippen LogP contribution in [0.15, 0.2) is 0 Å². The molecule has 2 aliphatic heterocycles. The summed E-state index contributed by atoms with van der Waals surface area (Å²) in [6, 6.07) is 0.106. The van der Waals surface area contributed by atoms with E-state index in [1.807, 2.05) is 0 Å². The molecule has 0 N–H and O–H groups in total. The maximum atomic E-state index is 11.8. The third-order valence-corrected chi connectivity index (χ3v) is 3.58. The van der Waals surface area contributed by atoms with Gasteiger partial charge in [-0.15, -0.1) is 0 Å². The quantitative estimate of drug-likeness (QED) is 0.519. The number of ketones is 1. The Bertz CT molecular complexity index is 290. The molecule has 90 valence electrons. The van der Waals surface area contributed by atoms with Gasteiger partial charge in [0.1, 0.15) is 11.7 Å². The van der Waals surface area contributed by atoms with Crippen LogP contribution in [0.3, 0.4) is 0 Å². The molecule has 2 rings (SSSR count). The summed E-state index contributed by atoms with van der Waals surface area (Å²) in [4.78, 5) is 25.9. The molecule has 2 heterocycles. The van der Waals surface area contributed by atoms with Crippen molar-refractivity contribution in [1.82, 2.24) is 4.90 Å². The van der Waals surface area contributed by atoms with Crippen LogP contribution in [0.25, 0.3) is 0 Å². The summed E-state index contributed by atoms with van der Waals surface area (Å²) in [5, 5.41) is 0. The van der Waals surface area contributed by atoms with Crippen LogP contribution < -0.4 is 0 Å². The lowest BCUT2D eigenvalue weighted by atomic mass is 9.83. The molecule has 0 radical (unpaired) electrons. The predicted octanol–water partition coefficient (Wildman–Crippen LogP) is 0.993. The minimum absolute atomic E-state index is 0.0709. The van der Waals surface area contributed by atoms with E-state index in [0.717, 1.165) is 25.9 Å². The first-order chi connectivity index (χ1) is 7.74. The van der Waals surface area contributed by atoms with Gasteiger partial charge in [-0.3, -0.25) is 14.5 Å². The third-order valence-electron chi connectivity index (χ3n) is 3.58. The summed E-state index contributed by atoms with van der Waals surface area (Å²) in [7, 11) is 0. The third kappa shape index (κ3) is 2.12. The van der Waals surface area contributed by atoms with Crippen LogP contribution in [0.5, 0.6) is 0 Å². The predicted molar refractivity (Wildman–Crippen MR) is 59.0 cm³/mol. The molecule has 4 nitrogen and oxygen atoms in total. The second-order valence-electron chi connectivity index (χ2n) is 4.55. The van der Waals surface area contributed by atoms with E-state index in [9.17, 15) is 9.59 Å². The zero-order valence-electron chi connectivity index (χ0n) is 9.78. The molecule has 0 aromatic carbocycles. The Balaban J connectivity index is 2.11. The average molecular weight is 225 g/mol. The minimum Gasteiger partial charge on any atom is -0.465 e. The molecule has 4 heteroatoms. The Labute approximate surface area is 95.9 Å². The molecule has 0 bridgehead atoms. The number of ether oxygens (including phenoxy) is 1. The number of Topliss-reactive ketones (excluding diaryl/α,β-unsaturated/α-hetero) is 1. The molecule has 2 saturated heterocycles. The van der Waals surface area contributed by atoms with Crippen LogP contribution >= 0.6 is 0 Å². The SMILES string of the molecule is CCOC(=O)C1C(=O)CCN2CCCCC12. The number of rotatable bonds is 2. The molecule has 2 fully saturated rings. The maximum absolute atomic E-state index is 11.8. The van der Waals surface area contributed by atoms with Gasteiger partial charge in [0, 0.05) is 19.0 Å². The fraction of sp³-hybridized carbons (Fsp3) is 0.833. The largest absolute Gasteiger partial charge is 0.465 e. The van der Waals surface area contributed by atoms with Crippen molar-refractivity contribution in [1.29, 1.82) is 0 Å². The molecular weight excluding hydrogens is 206 g/mol. The van der Waals surface area contributed by atoms with Crippen LogP contribution in [-0.4, -0.2) is 42.4 Å². The van der Waals surface area contributed by atoms with Gasteiger partial charge in [0.15, 0.2) is 0 Å². The van der Waals surface area contributed by atoms with E-state index in [0.29, 0.717) is 13.0 Å². The van der Waals surface area contributed by atoms with E-state index < -0.39 is 5.92 Å². The summed E-state index contributed by atoms with van der Waals surface area (Å²) in [6.45, 7) is 3.98. The summed E-state index contributed by atoms with van der Waals surface area (Å²) < 4.78 is 5.01. The lowest BCUT2D eigenvalue weighted by Crippen LogP contribution is -2.54. The van der Waals surface area contributed by atoms with Gasteiger partial charge in [0.2, 0.25) is 0 Å². The number of nitrogens with zero attached hydrogens (tertiary/aromatic N) is 1. The van der Waals surface area contributed by atoms with Crippen LogP contribution in [0.1, 0.15) is 32.6 Å².